The molecule has 0 saturated carbocycles. The van der Waals surface area contributed by atoms with Crippen molar-refractivity contribution < 1.29 is 9.18 Å². The second-order valence-electron chi connectivity index (χ2n) is 4.95. The fraction of sp³-hybridized carbons (Fsp3) is 0.353. The van der Waals surface area contributed by atoms with Crippen LogP contribution in [-0.4, -0.2) is 5.78 Å². The van der Waals surface area contributed by atoms with Crippen LogP contribution in [0.4, 0.5) is 4.39 Å². The molecule has 0 unspecified atom stereocenters. The van der Waals surface area contributed by atoms with Crippen molar-refractivity contribution in [2.75, 3.05) is 0 Å². The number of hydrogen-bond acceptors (Lipinski definition) is 1. The van der Waals surface area contributed by atoms with Gasteiger partial charge in [-0.15, -0.1) is 0 Å². The molecule has 0 aliphatic carbocycles. The van der Waals surface area contributed by atoms with Gasteiger partial charge in [-0.05, 0) is 23.4 Å². The Morgan fingerprint density at radius 2 is 1.68 bits per heavy atom. The Labute approximate surface area is 113 Å². The van der Waals surface area contributed by atoms with Gasteiger partial charge >= 0.3 is 0 Å². The molecule has 0 spiro atoms. The highest BCUT2D eigenvalue weighted by molar-refractivity contribution is 6.08. The van der Waals surface area contributed by atoms with Gasteiger partial charge in [0.2, 0.25) is 0 Å². The largest absolute Gasteiger partial charge is 0.294 e. The van der Waals surface area contributed by atoms with E-state index in [0.717, 1.165) is 18.2 Å². The molecule has 0 radical (unpaired) electrons. The van der Waals surface area contributed by atoms with Gasteiger partial charge in [-0.1, -0.05) is 51.0 Å². The molecule has 0 heterocycles. The smallest absolute Gasteiger partial charge is 0.163 e. The molecule has 2 aromatic carbocycles. The van der Waals surface area contributed by atoms with Gasteiger partial charge in [0.1, 0.15) is 5.82 Å². The van der Waals surface area contributed by atoms with E-state index in [1.54, 1.807) is 18.2 Å². The summed E-state index contributed by atoms with van der Waals surface area (Å²) in [7, 11) is 0. The van der Waals surface area contributed by atoms with Crippen molar-refractivity contribution in [3.8, 4) is 0 Å². The summed E-state index contributed by atoms with van der Waals surface area (Å²) in [4.78, 5) is 12.4. The minimum atomic E-state index is -0.269. The van der Waals surface area contributed by atoms with Gasteiger partial charge in [0.05, 0.1) is 0 Å². The first-order chi connectivity index (χ1) is 9.17. The number of halogens is 1. The molecule has 100 valence electrons. The van der Waals surface area contributed by atoms with Crippen LogP contribution in [0.2, 0.25) is 0 Å². The van der Waals surface area contributed by atoms with Crippen LogP contribution in [0.3, 0.4) is 0 Å². The summed E-state index contributed by atoms with van der Waals surface area (Å²) in [5.41, 5.74) is 0.643. The normalized spacial score (nSPS) is 11.2. The number of carbonyl (C=O) groups excluding carboxylic acids is 1. The average Bonchev–Trinajstić information content (AvgIpc) is 2.45. The molecule has 0 saturated heterocycles. The number of fused-ring (bicyclic) bond motifs is 1. The van der Waals surface area contributed by atoms with Gasteiger partial charge < -0.3 is 0 Å². The van der Waals surface area contributed by atoms with Crippen molar-refractivity contribution in [3.63, 3.8) is 0 Å². The number of carbonyl (C=O) groups is 1. The van der Waals surface area contributed by atoms with Crippen LogP contribution in [-0.2, 0) is 0 Å². The lowest BCUT2D eigenvalue weighted by Crippen LogP contribution is -2.08. The highest BCUT2D eigenvalue weighted by atomic mass is 19.1. The summed E-state index contributed by atoms with van der Waals surface area (Å²) in [5, 5.41) is 1.25. The standard InChI is InChI=1S/C17H19FO/c1-3-12(4-2)11-17(19)15-9-10-16(18)14-8-6-5-7-13(14)15/h5-10,12H,3-4,11H2,1-2H3. The molecule has 0 aliphatic rings. The van der Waals surface area contributed by atoms with Gasteiger partial charge in [0, 0.05) is 17.4 Å². The van der Waals surface area contributed by atoms with Crippen molar-refractivity contribution in [1.29, 1.82) is 0 Å². The van der Waals surface area contributed by atoms with Crippen LogP contribution in [0.1, 0.15) is 43.5 Å². The Balaban J connectivity index is 2.40. The van der Waals surface area contributed by atoms with Gasteiger partial charge in [0.15, 0.2) is 5.78 Å². The van der Waals surface area contributed by atoms with Gasteiger partial charge in [0.25, 0.3) is 0 Å². The first-order valence-corrected chi connectivity index (χ1v) is 6.87. The fourth-order valence-corrected chi connectivity index (χ4v) is 2.45. The van der Waals surface area contributed by atoms with Gasteiger partial charge in [-0.3, -0.25) is 4.79 Å². The Kier molecular flexibility index (Phi) is 4.31. The first kappa shape index (κ1) is 13.7. The van der Waals surface area contributed by atoms with E-state index in [4.69, 9.17) is 0 Å². The predicted molar refractivity (Wildman–Crippen MR) is 76.9 cm³/mol. The van der Waals surface area contributed by atoms with Gasteiger partial charge in [-0.2, -0.15) is 0 Å². The lowest BCUT2D eigenvalue weighted by Gasteiger charge is -2.12. The maximum atomic E-state index is 13.7. The summed E-state index contributed by atoms with van der Waals surface area (Å²) < 4.78 is 13.7. The zero-order chi connectivity index (χ0) is 13.8. The first-order valence-electron chi connectivity index (χ1n) is 6.87. The Hall–Kier alpha value is -1.70. The van der Waals surface area contributed by atoms with Crippen LogP contribution < -0.4 is 0 Å². The molecular weight excluding hydrogens is 239 g/mol. The van der Waals surface area contributed by atoms with Crippen molar-refractivity contribution in [1.82, 2.24) is 0 Å². The molecule has 0 N–H and O–H groups in total. The van der Waals surface area contributed by atoms with E-state index in [0.29, 0.717) is 23.3 Å². The van der Waals surface area contributed by atoms with E-state index in [1.165, 1.54) is 6.07 Å². The molecule has 2 aromatic rings. The second-order valence-corrected chi connectivity index (χ2v) is 4.95. The maximum Gasteiger partial charge on any atom is 0.163 e. The Morgan fingerprint density at radius 3 is 2.32 bits per heavy atom. The van der Waals surface area contributed by atoms with E-state index in [-0.39, 0.29) is 11.6 Å². The molecule has 0 aliphatic heterocycles. The number of ketones is 1. The highest BCUT2D eigenvalue weighted by Gasteiger charge is 2.15. The predicted octanol–water partition coefficient (Wildman–Crippen LogP) is 4.99. The van der Waals surface area contributed by atoms with E-state index in [9.17, 15) is 9.18 Å². The monoisotopic (exact) mass is 258 g/mol. The van der Waals surface area contributed by atoms with Gasteiger partial charge in [-0.25, -0.2) is 4.39 Å². The van der Waals surface area contributed by atoms with E-state index in [2.05, 4.69) is 13.8 Å². The number of hydrogen-bond donors (Lipinski definition) is 0. The summed E-state index contributed by atoms with van der Waals surface area (Å²) in [6.07, 6.45) is 2.55. The second kappa shape index (κ2) is 5.96. The molecule has 19 heavy (non-hydrogen) atoms. The summed E-state index contributed by atoms with van der Waals surface area (Å²) >= 11 is 0. The van der Waals surface area contributed by atoms with Crippen molar-refractivity contribution in [2.45, 2.75) is 33.1 Å². The minimum Gasteiger partial charge on any atom is -0.294 e. The molecule has 0 amide bonds. The summed E-state index contributed by atoms with van der Waals surface area (Å²) in [6, 6.07) is 10.2. The van der Waals surface area contributed by atoms with Crippen molar-refractivity contribution in [3.05, 3.63) is 47.8 Å². The highest BCUT2D eigenvalue weighted by Crippen LogP contribution is 2.25. The molecule has 2 heteroatoms. The quantitative estimate of drug-likeness (QED) is 0.691. The summed E-state index contributed by atoms with van der Waals surface area (Å²) in [5.74, 6) is 0.260. The van der Waals surface area contributed by atoms with Crippen molar-refractivity contribution in [2.24, 2.45) is 5.92 Å². The summed E-state index contributed by atoms with van der Waals surface area (Å²) in [6.45, 7) is 4.20. The molecule has 0 fully saturated rings. The Morgan fingerprint density at radius 1 is 1.05 bits per heavy atom. The zero-order valence-corrected chi connectivity index (χ0v) is 11.4. The molecule has 0 bridgehead atoms. The van der Waals surface area contributed by atoms with Crippen molar-refractivity contribution >= 4 is 16.6 Å². The van der Waals surface area contributed by atoms with Crippen LogP contribution >= 0.6 is 0 Å². The number of Topliss-reactive ketones (excluding diaryl/α,β-unsaturated/α-hetero) is 1. The molecule has 2 rings (SSSR count). The fourth-order valence-electron chi connectivity index (χ4n) is 2.45. The minimum absolute atomic E-state index is 0.116. The molecule has 0 aromatic heterocycles. The van der Waals surface area contributed by atoms with Crippen LogP contribution in [0.15, 0.2) is 36.4 Å². The third-order valence-electron chi connectivity index (χ3n) is 3.80. The third-order valence-corrected chi connectivity index (χ3v) is 3.80. The SMILES string of the molecule is CCC(CC)CC(=O)c1ccc(F)c2ccccc12. The van der Waals surface area contributed by atoms with Crippen LogP contribution in [0.25, 0.3) is 10.8 Å². The van der Waals surface area contributed by atoms with E-state index >= 15 is 0 Å². The third kappa shape index (κ3) is 2.83. The molecule has 1 nitrogen and oxygen atoms in total. The average molecular weight is 258 g/mol. The molecule has 0 atom stereocenters. The lowest BCUT2D eigenvalue weighted by atomic mass is 9.92. The van der Waals surface area contributed by atoms with E-state index < -0.39 is 0 Å². The number of rotatable bonds is 5. The number of benzene rings is 2. The molecular formula is C17H19FO. The maximum absolute atomic E-state index is 13.7. The zero-order valence-electron chi connectivity index (χ0n) is 11.4. The topological polar surface area (TPSA) is 17.1 Å². The lowest BCUT2D eigenvalue weighted by molar-refractivity contribution is 0.0960. The van der Waals surface area contributed by atoms with Crippen LogP contribution in [0.5, 0.6) is 0 Å². The van der Waals surface area contributed by atoms with E-state index in [1.807, 2.05) is 12.1 Å². The Bertz CT molecular complexity index is 585. The van der Waals surface area contributed by atoms with Crippen LogP contribution in [0, 0.1) is 11.7 Å².